The van der Waals surface area contributed by atoms with Gasteiger partial charge in [-0.1, -0.05) is 10.3 Å². The average molecular weight is 253 g/mol. The lowest BCUT2D eigenvalue weighted by molar-refractivity contribution is -0.155. The van der Waals surface area contributed by atoms with Gasteiger partial charge in [0.25, 0.3) is 0 Å². The van der Waals surface area contributed by atoms with E-state index in [4.69, 9.17) is 10.9 Å². The maximum Gasteiger partial charge on any atom is 0.400 e. The summed E-state index contributed by atoms with van der Waals surface area (Å²) in [5, 5.41) is 16.4. The zero-order chi connectivity index (χ0) is 12.9. The van der Waals surface area contributed by atoms with Crippen LogP contribution in [0.3, 0.4) is 0 Å². The van der Waals surface area contributed by atoms with Crippen LogP contribution in [-0.2, 0) is 6.54 Å². The Balaban J connectivity index is 2.51. The Morgan fingerprint density at radius 1 is 1.65 bits per heavy atom. The molecule has 0 radical (unpaired) electrons. The molecule has 0 saturated heterocycles. The summed E-state index contributed by atoms with van der Waals surface area (Å²) in [6.45, 7) is -0.560. The molecule has 0 aliphatic carbocycles. The topological polar surface area (TPSA) is 110 Å². The van der Waals surface area contributed by atoms with Gasteiger partial charge in [0.1, 0.15) is 5.92 Å². The Labute approximate surface area is 93.5 Å². The molecule has 0 aliphatic heterocycles. The molecule has 0 aromatic carbocycles. The lowest BCUT2D eigenvalue weighted by Crippen LogP contribution is -2.42. The van der Waals surface area contributed by atoms with E-state index in [1.807, 2.05) is 0 Å². The molecular weight excluding hydrogens is 243 g/mol. The van der Waals surface area contributed by atoms with Crippen molar-refractivity contribution in [3.05, 3.63) is 12.2 Å². The standard InChI is InChI=1S/C7H10F3N5O2/c8-7(9,10)4(6(11)14-16)1-12-2-5-13-3-17-15-5/h3-4,12,16H,1-2H2,(H2,11,14). The van der Waals surface area contributed by atoms with Crippen molar-refractivity contribution in [3.63, 3.8) is 0 Å². The molecule has 0 amide bonds. The molecule has 17 heavy (non-hydrogen) atoms. The van der Waals surface area contributed by atoms with E-state index < -0.39 is 24.5 Å². The van der Waals surface area contributed by atoms with Gasteiger partial charge in [-0.25, -0.2) is 0 Å². The second-order valence-corrected chi connectivity index (χ2v) is 3.10. The minimum absolute atomic E-state index is 0.0121. The number of oxime groups is 1. The van der Waals surface area contributed by atoms with Crippen molar-refractivity contribution in [2.75, 3.05) is 6.54 Å². The van der Waals surface area contributed by atoms with Crippen LogP contribution >= 0.6 is 0 Å². The Morgan fingerprint density at radius 3 is 2.82 bits per heavy atom. The number of nitrogens with two attached hydrogens (primary N) is 1. The van der Waals surface area contributed by atoms with Crippen molar-refractivity contribution < 1.29 is 22.9 Å². The maximum absolute atomic E-state index is 12.5. The third kappa shape index (κ3) is 3.90. The number of aromatic nitrogens is 2. The minimum atomic E-state index is -4.60. The number of rotatable bonds is 5. The van der Waals surface area contributed by atoms with Gasteiger partial charge in [-0.15, -0.1) is 0 Å². The predicted octanol–water partition coefficient (Wildman–Crippen LogP) is 0.0841. The van der Waals surface area contributed by atoms with Crippen molar-refractivity contribution in [2.24, 2.45) is 16.8 Å². The quantitative estimate of drug-likeness (QED) is 0.297. The van der Waals surface area contributed by atoms with E-state index in [2.05, 4.69) is 25.1 Å². The summed E-state index contributed by atoms with van der Waals surface area (Å²) in [6, 6.07) is 0. The number of hydrogen-bond donors (Lipinski definition) is 3. The van der Waals surface area contributed by atoms with E-state index in [1.165, 1.54) is 0 Å². The molecule has 1 unspecified atom stereocenters. The third-order valence-corrected chi connectivity index (χ3v) is 1.91. The summed E-state index contributed by atoms with van der Waals surface area (Å²) in [7, 11) is 0. The van der Waals surface area contributed by atoms with Crippen molar-refractivity contribution in [1.29, 1.82) is 0 Å². The molecule has 7 nitrogen and oxygen atoms in total. The Morgan fingerprint density at radius 2 is 2.35 bits per heavy atom. The van der Waals surface area contributed by atoms with Crippen LogP contribution in [0.25, 0.3) is 0 Å². The van der Waals surface area contributed by atoms with Gasteiger partial charge in [0.2, 0.25) is 6.39 Å². The number of amidine groups is 1. The first-order valence-electron chi connectivity index (χ1n) is 4.45. The summed E-state index contributed by atoms with van der Waals surface area (Å²) in [4.78, 5) is 3.61. The fraction of sp³-hybridized carbons (Fsp3) is 0.571. The lowest BCUT2D eigenvalue weighted by atomic mass is 10.1. The highest BCUT2D eigenvalue weighted by Crippen LogP contribution is 2.25. The highest BCUT2D eigenvalue weighted by atomic mass is 19.4. The SMILES string of the molecule is NC(=NO)C(CNCc1ncon1)C(F)(F)F. The highest BCUT2D eigenvalue weighted by Gasteiger charge is 2.42. The van der Waals surface area contributed by atoms with Gasteiger partial charge in [-0.05, 0) is 0 Å². The minimum Gasteiger partial charge on any atom is -0.409 e. The van der Waals surface area contributed by atoms with Crippen LogP contribution in [0.15, 0.2) is 16.1 Å². The van der Waals surface area contributed by atoms with E-state index in [1.54, 1.807) is 0 Å². The monoisotopic (exact) mass is 253 g/mol. The number of nitrogens with zero attached hydrogens (tertiary/aromatic N) is 3. The molecule has 0 fully saturated rings. The van der Waals surface area contributed by atoms with Crippen LogP contribution in [0, 0.1) is 5.92 Å². The molecule has 96 valence electrons. The first-order chi connectivity index (χ1) is 7.95. The van der Waals surface area contributed by atoms with Gasteiger partial charge in [0.05, 0.1) is 6.54 Å². The maximum atomic E-state index is 12.5. The zero-order valence-corrected chi connectivity index (χ0v) is 8.48. The van der Waals surface area contributed by atoms with Crippen LogP contribution in [0.1, 0.15) is 5.82 Å². The van der Waals surface area contributed by atoms with Crippen molar-refractivity contribution in [3.8, 4) is 0 Å². The first-order valence-corrected chi connectivity index (χ1v) is 4.45. The molecule has 10 heteroatoms. The van der Waals surface area contributed by atoms with Crippen LogP contribution in [0.5, 0.6) is 0 Å². The van der Waals surface area contributed by atoms with Crippen molar-refractivity contribution in [1.82, 2.24) is 15.5 Å². The Bertz CT molecular complexity index is 364. The molecule has 1 aromatic rings. The fourth-order valence-electron chi connectivity index (χ4n) is 1.06. The third-order valence-electron chi connectivity index (χ3n) is 1.91. The van der Waals surface area contributed by atoms with Gasteiger partial charge in [0.15, 0.2) is 11.7 Å². The number of alkyl halides is 3. The molecule has 4 N–H and O–H groups in total. The molecule has 0 bridgehead atoms. The van der Waals surface area contributed by atoms with E-state index >= 15 is 0 Å². The summed E-state index contributed by atoms with van der Waals surface area (Å²) in [6.07, 6.45) is -3.54. The second-order valence-electron chi connectivity index (χ2n) is 3.10. The average Bonchev–Trinajstić information content (AvgIpc) is 2.74. The van der Waals surface area contributed by atoms with Crippen LogP contribution in [-0.4, -0.2) is 33.9 Å². The van der Waals surface area contributed by atoms with Crippen LogP contribution < -0.4 is 11.1 Å². The number of halogens is 3. The lowest BCUT2D eigenvalue weighted by Gasteiger charge is -2.18. The molecule has 1 aromatic heterocycles. The smallest absolute Gasteiger partial charge is 0.400 e. The van der Waals surface area contributed by atoms with Gasteiger partial charge in [-0.2, -0.15) is 18.2 Å². The Kier molecular flexibility index (Phi) is 4.26. The van der Waals surface area contributed by atoms with Gasteiger partial charge < -0.3 is 20.8 Å². The fourth-order valence-corrected chi connectivity index (χ4v) is 1.06. The largest absolute Gasteiger partial charge is 0.409 e. The summed E-state index contributed by atoms with van der Waals surface area (Å²) >= 11 is 0. The van der Waals surface area contributed by atoms with E-state index in [-0.39, 0.29) is 12.4 Å². The van der Waals surface area contributed by atoms with Gasteiger partial charge in [0, 0.05) is 6.54 Å². The summed E-state index contributed by atoms with van der Waals surface area (Å²) in [5.41, 5.74) is 4.95. The predicted molar refractivity (Wildman–Crippen MR) is 49.0 cm³/mol. The molecule has 0 aliphatic rings. The molecular formula is C7H10F3N5O2. The van der Waals surface area contributed by atoms with Crippen molar-refractivity contribution in [2.45, 2.75) is 12.7 Å². The van der Waals surface area contributed by atoms with Crippen LogP contribution in [0.4, 0.5) is 13.2 Å². The van der Waals surface area contributed by atoms with Gasteiger partial charge in [-0.3, -0.25) is 0 Å². The molecule has 1 heterocycles. The van der Waals surface area contributed by atoms with Gasteiger partial charge >= 0.3 is 6.18 Å². The van der Waals surface area contributed by atoms with E-state index in [9.17, 15) is 13.2 Å². The zero-order valence-electron chi connectivity index (χ0n) is 8.48. The molecule has 1 atom stereocenters. The molecule has 1 rings (SSSR count). The first kappa shape index (κ1) is 13.2. The summed E-state index contributed by atoms with van der Waals surface area (Å²) < 4.78 is 41.8. The molecule has 0 saturated carbocycles. The van der Waals surface area contributed by atoms with Crippen molar-refractivity contribution >= 4 is 5.84 Å². The summed E-state index contributed by atoms with van der Waals surface area (Å²) in [5.74, 6) is -2.76. The highest BCUT2D eigenvalue weighted by molar-refractivity contribution is 5.83. The van der Waals surface area contributed by atoms with Crippen LogP contribution in [0.2, 0.25) is 0 Å². The molecule has 0 spiro atoms. The second kappa shape index (κ2) is 5.48. The number of nitrogens with one attached hydrogen (secondary N) is 1. The number of hydrogen-bond acceptors (Lipinski definition) is 6. The Hall–Kier alpha value is -1.84. The van der Waals surface area contributed by atoms with E-state index in [0.717, 1.165) is 6.39 Å². The normalized spacial score (nSPS) is 14.9. The van der Waals surface area contributed by atoms with E-state index in [0.29, 0.717) is 0 Å².